The Morgan fingerprint density at radius 2 is 1.96 bits per heavy atom. The molecule has 0 spiro atoms. The van der Waals surface area contributed by atoms with Gasteiger partial charge in [0, 0.05) is 31.1 Å². The fourth-order valence-corrected chi connectivity index (χ4v) is 2.62. The highest BCUT2D eigenvalue weighted by molar-refractivity contribution is 6.17. The van der Waals surface area contributed by atoms with Crippen LogP contribution in [0.15, 0.2) is 36.7 Å². The summed E-state index contributed by atoms with van der Waals surface area (Å²) in [5.74, 6) is 1.85. The molecule has 0 N–H and O–H groups in total. The third-order valence-corrected chi connectivity index (χ3v) is 4.06. The highest BCUT2D eigenvalue weighted by Gasteiger charge is 2.10. The normalized spacial score (nSPS) is 15.5. The molecule has 0 bridgehead atoms. The zero-order valence-corrected chi connectivity index (χ0v) is 13.7. The fourth-order valence-electron chi connectivity index (χ4n) is 2.45. The number of benzene rings is 1. The van der Waals surface area contributed by atoms with Gasteiger partial charge in [-0.1, -0.05) is 18.2 Å². The SMILES string of the molecule is ClCc1cccc(-c2ncc(OCCN3CCOCC3)cn2)c1. The van der Waals surface area contributed by atoms with Gasteiger partial charge >= 0.3 is 0 Å². The van der Waals surface area contributed by atoms with Crippen molar-refractivity contribution in [2.24, 2.45) is 0 Å². The van der Waals surface area contributed by atoms with Crippen molar-refractivity contribution in [1.29, 1.82) is 0 Å². The molecule has 0 unspecified atom stereocenters. The van der Waals surface area contributed by atoms with Crippen molar-refractivity contribution >= 4 is 11.6 Å². The zero-order valence-electron chi connectivity index (χ0n) is 12.9. The monoisotopic (exact) mass is 333 g/mol. The molecule has 1 aromatic heterocycles. The number of rotatable bonds is 6. The number of hydrogen-bond donors (Lipinski definition) is 0. The number of alkyl halides is 1. The van der Waals surface area contributed by atoms with Gasteiger partial charge < -0.3 is 9.47 Å². The van der Waals surface area contributed by atoms with Gasteiger partial charge in [-0.3, -0.25) is 4.90 Å². The van der Waals surface area contributed by atoms with Crippen LogP contribution in [0.4, 0.5) is 0 Å². The molecule has 1 saturated heterocycles. The Balaban J connectivity index is 1.54. The Morgan fingerprint density at radius 3 is 2.70 bits per heavy atom. The van der Waals surface area contributed by atoms with E-state index in [-0.39, 0.29) is 0 Å². The van der Waals surface area contributed by atoms with Crippen LogP contribution in [-0.4, -0.2) is 54.3 Å². The van der Waals surface area contributed by atoms with Gasteiger partial charge in [-0.15, -0.1) is 11.6 Å². The largest absolute Gasteiger partial charge is 0.489 e. The van der Waals surface area contributed by atoms with Crippen molar-refractivity contribution in [2.45, 2.75) is 5.88 Å². The summed E-state index contributed by atoms with van der Waals surface area (Å²) in [4.78, 5) is 11.1. The summed E-state index contributed by atoms with van der Waals surface area (Å²) in [5, 5.41) is 0. The second kappa shape index (κ2) is 8.24. The quantitative estimate of drug-likeness (QED) is 0.760. The fraction of sp³-hybridized carbons (Fsp3) is 0.412. The summed E-state index contributed by atoms with van der Waals surface area (Å²) in [6.07, 6.45) is 3.43. The molecule has 6 heteroatoms. The molecule has 1 aliphatic rings. The molecule has 1 fully saturated rings. The van der Waals surface area contributed by atoms with Gasteiger partial charge in [0.05, 0.1) is 25.6 Å². The first-order valence-corrected chi connectivity index (χ1v) is 8.29. The van der Waals surface area contributed by atoms with Crippen molar-refractivity contribution < 1.29 is 9.47 Å². The molecule has 3 rings (SSSR count). The molecule has 0 atom stereocenters. The van der Waals surface area contributed by atoms with Gasteiger partial charge in [0.1, 0.15) is 6.61 Å². The first kappa shape index (κ1) is 16.2. The van der Waals surface area contributed by atoms with E-state index < -0.39 is 0 Å². The average Bonchev–Trinajstić information content (AvgIpc) is 2.63. The summed E-state index contributed by atoms with van der Waals surface area (Å²) in [5.41, 5.74) is 2.02. The third-order valence-electron chi connectivity index (χ3n) is 3.75. The van der Waals surface area contributed by atoms with E-state index in [1.54, 1.807) is 12.4 Å². The number of hydrogen-bond acceptors (Lipinski definition) is 5. The predicted molar refractivity (Wildman–Crippen MR) is 89.8 cm³/mol. The van der Waals surface area contributed by atoms with E-state index in [0.29, 0.717) is 24.1 Å². The van der Waals surface area contributed by atoms with Crippen LogP contribution in [0, 0.1) is 0 Å². The van der Waals surface area contributed by atoms with Crippen LogP contribution in [0.5, 0.6) is 5.75 Å². The second-order valence-electron chi connectivity index (χ2n) is 5.38. The summed E-state index contributed by atoms with van der Waals surface area (Å²) >= 11 is 5.86. The van der Waals surface area contributed by atoms with E-state index in [9.17, 15) is 0 Å². The standard InChI is InChI=1S/C17H20ClN3O2/c18-11-14-2-1-3-15(10-14)17-19-12-16(13-20-17)23-9-6-21-4-7-22-8-5-21/h1-3,10,12-13H,4-9,11H2. The molecule has 122 valence electrons. The predicted octanol–water partition coefficient (Wildman–Crippen LogP) is 2.59. The van der Waals surface area contributed by atoms with Crippen LogP contribution in [-0.2, 0) is 10.6 Å². The maximum absolute atomic E-state index is 5.86. The van der Waals surface area contributed by atoms with Crippen LogP contribution in [0.1, 0.15) is 5.56 Å². The number of aromatic nitrogens is 2. The van der Waals surface area contributed by atoms with E-state index in [1.165, 1.54) is 0 Å². The molecule has 0 aliphatic carbocycles. The Hall–Kier alpha value is -1.69. The maximum Gasteiger partial charge on any atom is 0.159 e. The first-order chi connectivity index (χ1) is 11.3. The lowest BCUT2D eigenvalue weighted by molar-refractivity contribution is 0.0322. The number of nitrogens with zero attached hydrogens (tertiary/aromatic N) is 3. The minimum Gasteiger partial charge on any atom is -0.489 e. The van der Waals surface area contributed by atoms with Crippen molar-refractivity contribution in [1.82, 2.24) is 14.9 Å². The van der Waals surface area contributed by atoms with Gasteiger partial charge in [-0.2, -0.15) is 0 Å². The van der Waals surface area contributed by atoms with E-state index in [4.69, 9.17) is 21.1 Å². The molecule has 0 amide bonds. The van der Waals surface area contributed by atoms with Crippen molar-refractivity contribution in [2.75, 3.05) is 39.5 Å². The van der Waals surface area contributed by atoms with Crippen LogP contribution in [0.25, 0.3) is 11.4 Å². The lowest BCUT2D eigenvalue weighted by atomic mass is 10.1. The van der Waals surface area contributed by atoms with Crippen LogP contribution in [0.3, 0.4) is 0 Å². The smallest absolute Gasteiger partial charge is 0.159 e. The van der Waals surface area contributed by atoms with Crippen LogP contribution in [0.2, 0.25) is 0 Å². The molecule has 1 aliphatic heterocycles. The highest BCUT2D eigenvalue weighted by atomic mass is 35.5. The number of morpholine rings is 1. The minimum absolute atomic E-state index is 0.483. The second-order valence-corrected chi connectivity index (χ2v) is 5.65. The van der Waals surface area contributed by atoms with Gasteiger partial charge in [0.15, 0.2) is 11.6 Å². The third kappa shape index (κ3) is 4.64. The first-order valence-electron chi connectivity index (χ1n) is 7.75. The topological polar surface area (TPSA) is 47.5 Å². The van der Waals surface area contributed by atoms with Gasteiger partial charge in [0.2, 0.25) is 0 Å². The van der Waals surface area contributed by atoms with Crippen LogP contribution >= 0.6 is 11.6 Å². The van der Waals surface area contributed by atoms with Gasteiger partial charge in [0.25, 0.3) is 0 Å². The Bertz CT molecular complexity index is 615. The Labute approximate surface area is 141 Å². The lowest BCUT2D eigenvalue weighted by Gasteiger charge is -2.26. The van der Waals surface area contributed by atoms with Crippen molar-refractivity contribution in [3.8, 4) is 17.1 Å². The summed E-state index contributed by atoms with van der Waals surface area (Å²) in [6.45, 7) is 5.07. The molecular formula is C17H20ClN3O2. The van der Waals surface area contributed by atoms with Crippen molar-refractivity contribution in [3.05, 3.63) is 42.2 Å². The Kier molecular flexibility index (Phi) is 5.80. The van der Waals surface area contributed by atoms with E-state index in [0.717, 1.165) is 44.0 Å². The molecule has 0 saturated carbocycles. The molecule has 2 aromatic rings. The molecule has 1 aromatic carbocycles. The number of halogens is 1. The molecule has 0 radical (unpaired) electrons. The summed E-state index contributed by atoms with van der Waals surface area (Å²) < 4.78 is 11.0. The zero-order chi connectivity index (χ0) is 15.9. The molecular weight excluding hydrogens is 314 g/mol. The number of ether oxygens (including phenoxy) is 2. The average molecular weight is 334 g/mol. The Morgan fingerprint density at radius 1 is 1.17 bits per heavy atom. The summed E-state index contributed by atoms with van der Waals surface area (Å²) in [6, 6.07) is 7.92. The maximum atomic E-state index is 5.86. The highest BCUT2D eigenvalue weighted by Crippen LogP contribution is 2.18. The van der Waals surface area contributed by atoms with Gasteiger partial charge in [-0.25, -0.2) is 9.97 Å². The minimum atomic E-state index is 0.483. The summed E-state index contributed by atoms with van der Waals surface area (Å²) in [7, 11) is 0. The molecule has 23 heavy (non-hydrogen) atoms. The lowest BCUT2D eigenvalue weighted by Crippen LogP contribution is -2.38. The van der Waals surface area contributed by atoms with E-state index >= 15 is 0 Å². The molecule has 2 heterocycles. The van der Waals surface area contributed by atoms with E-state index in [2.05, 4.69) is 14.9 Å². The van der Waals surface area contributed by atoms with Crippen LogP contribution < -0.4 is 4.74 Å². The van der Waals surface area contributed by atoms with E-state index in [1.807, 2.05) is 24.3 Å². The van der Waals surface area contributed by atoms with Crippen molar-refractivity contribution in [3.63, 3.8) is 0 Å². The molecule has 5 nitrogen and oxygen atoms in total. The van der Waals surface area contributed by atoms with Gasteiger partial charge in [-0.05, 0) is 11.6 Å².